The molecule has 0 aromatic carbocycles. The first kappa shape index (κ1) is 17.1. The summed E-state index contributed by atoms with van der Waals surface area (Å²) >= 11 is 0. The van der Waals surface area contributed by atoms with E-state index in [0.29, 0.717) is 18.1 Å². The van der Waals surface area contributed by atoms with Crippen molar-refractivity contribution in [2.24, 2.45) is 0 Å². The number of unbranched alkanes of at least 4 members (excludes halogenated alkanes) is 1. The molecule has 0 aliphatic carbocycles. The van der Waals surface area contributed by atoms with Crippen LogP contribution in [-0.2, 0) is 9.59 Å². The Kier molecular flexibility index (Phi) is 4.77. The summed E-state index contributed by atoms with van der Waals surface area (Å²) < 4.78 is 5.69. The van der Waals surface area contributed by atoms with Crippen LogP contribution in [0.2, 0.25) is 0 Å². The minimum absolute atomic E-state index is 0.0741. The minimum Gasteiger partial charge on any atom is -0.474 e. The van der Waals surface area contributed by atoms with Gasteiger partial charge in [-0.2, -0.15) is 0 Å². The van der Waals surface area contributed by atoms with Crippen molar-refractivity contribution in [3.63, 3.8) is 0 Å². The van der Waals surface area contributed by atoms with Crippen LogP contribution in [0.5, 0.6) is 5.75 Å². The molecule has 2 N–H and O–H groups in total. The molecule has 2 amide bonds. The first-order chi connectivity index (χ1) is 10.8. The molecular weight excluding hydrogens is 296 g/mol. The summed E-state index contributed by atoms with van der Waals surface area (Å²) in [5.74, 6) is 0.580. The number of nitrogens with two attached hydrogens (primary N) is 1. The maximum atomic E-state index is 12.6. The largest absolute Gasteiger partial charge is 0.474 e. The molecule has 1 aliphatic heterocycles. The third-order valence-corrected chi connectivity index (χ3v) is 3.81. The molecule has 0 unspecified atom stereocenters. The number of pyridine rings is 1. The predicted octanol–water partition coefficient (Wildman–Crippen LogP) is 1.43. The highest BCUT2D eigenvalue weighted by Crippen LogP contribution is 2.36. The number of anilines is 2. The number of nitrogen functional groups attached to an aromatic ring is 1. The van der Waals surface area contributed by atoms with Crippen molar-refractivity contribution in [1.82, 2.24) is 9.88 Å². The standard InChI is InChI=1S/C16H24N4O3/c1-5-6-9-19(4)13(21)10-20-14-11(7-8-12(17)18-14)23-16(2,3)15(20)22/h7-8H,5-6,9-10H2,1-4H3,(H2,17,18). The van der Waals surface area contributed by atoms with Crippen LogP contribution in [-0.4, -0.2) is 47.4 Å². The molecule has 0 atom stereocenters. The van der Waals surface area contributed by atoms with Crippen LogP contribution < -0.4 is 15.4 Å². The normalized spacial score (nSPS) is 15.8. The lowest BCUT2D eigenvalue weighted by Crippen LogP contribution is -2.55. The average molecular weight is 320 g/mol. The van der Waals surface area contributed by atoms with Crippen LogP contribution in [0.15, 0.2) is 12.1 Å². The maximum absolute atomic E-state index is 12.6. The molecule has 1 aromatic heterocycles. The molecule has 0 bridgehead atoms. The summed E-state index contributed by atoms with van der Waals surface area (Å²) in [4.78, 5) is 32.2. The van der Waals surface area contributed by atoms with Gasteiger partial charge in [0, 0.05) is 13.6 Å². The van der Waals surface area contributed by atoms with E-state index in [-0.39, 0.29) is 24.2 Å². The summed E-state index contributed by atoms with van der Waals surface area (Å²) in [6.07, 6.45) is 1.93. The highest BCUT2D eigenvalue weighted by Gasteiger charge is 2.42. The highest BCUT2D eigenvalue weighted by atomic mass is 16.5. The Hall–Kier alpha value is -2.31. The van der Waals surface area contributed by atoms with E-state index < -0.39 is 5.60 Å². The SMILES string of the molecule is CCCCN(C)C(=O)CN1C(=O)C(C)(C)Oc2ccc(N)nc21. The quantitative estimate of drug-likeness (QED) is 0.886. The van der Waals surface area contributed by atoms with Crippen molar-refractivity contribution in [2.75, 3.05) is 30.8 Å². The molecule has 1 aliphatic rings. The van der Waals surface area contributed by atoms with Gasteiger partial charge in [0.05, 0.1) is 0 Å². The van der Waals surface area contributed by atoms with E-state index >= 15 is 0 Å². The lowest BCUT2D eigenvalue weighted by atomic mass is 10.1. The van der Waals surface area contributed by atoms with E-state index in [1.54, 1.807) is 37.9 Å². The minimum atomic E-state index is -1.05. The van der Waals surface area contributed by atoms with E-state index in [0.717, 1.165) is 12.8 Å². The number of carbonyl (C=O) groups is 2. The predicted molar refractivity (Wildman–Crippen MR) is 88.3 cm³/mol. The third-order valence-electron chi connectivity index (χ3n) is 3.81. The fourth-order valence-electron chi connectivity index (χ4n) is 2.39. The van der Waals surface area contributed by atoms with Gasteiger partial charge in [0.2, 0.25) is 5.91 Å². The number of rotatable bonds is 5. The molecular formula is C16H24N4O3. The number of nitrogens with zero attached hydrogens (tertiary/aromatic N) is 3. The van der Waals surface area contributed by atoms with Crippen LogP contribution in [0.3, 0.4) is 0 Å². The molecule has 23 heavy (non-hydrogen) atoms. The van der Waals surface area contributed by atoms with Crippen molar-refractivity contribution >= 4 is 23.5 Å². The van der Waals surface area contributed by atoms with Crippen molar-refractivity contribution in [3.05, 3.63) is 12.1 Å². The second-order valence-corrected chi connectivity index (χ2v) is 6.23. The molecule has 7 heteroatoms. The number of ether oxygens (including phenoxy) is 1. The molecule has 0 saturated heterocycles. The van der Waals surface area contributed by atoms with Crippen molar-refractivity contribution in [2.45, 2.75) is 39.2 Å². The number of likely N-dealkylation sites (N-methyl/N-ethyl adjacent to an activating group) is 1. The van der Waals surface area contributed by atoms with Gasteiger partial charge in [-0.15, -0.1) is 0 Å². The molecule has 0 spiro atoms. The number of aromatic nitrogens is 1. The Morgan fingerprint density at radius 1 is 1.43 bits per heavy atom. The number of fused-ring (bicyclic) bond motifs is 1. The van der Waals surface area contributed by atoms with Crippen molar-refractivity contribution in [3.8, 4) is 5.75 Å². The molecule has 0 radical (unpaired) electrons. The van der Waals surface area contributed by atoms with E-state index in [1.807, 2.05) is 0 Å². The molecule has 2 heterocycles. The molecule has 7 nitrogen and oxygen atoms in total. The van der Waals surface area contributed by atoms with Crippen LogP contribution in [0, 0.1) is 0 Å². The first-order valence-corrected chi connectivity index (χ1v) is 7.77. The average Bonchev–Trinajstić information content (AvgIpc) is 2.49. The monoisotopic (exact) mass is 320 g/mol. The second kappa shape index (κ2) is 6.44. The van der Waals surface area contributed by atoms with Gasteiger partial charge in [-0.1, -0.05) is 13.3 Å². The number of hydrogen-bond donors (Lipinski definition) is 1. The van der Waals surface area contributed by atoms with Gasteiger partial charge in [0.15, 0.2) is 17.2 Å². The van der Waals surface area contributed by atoms with Crippen LogP contribution >= 0.6 is 0 Å². The Labute approximate surface area is 136 Å². The van der Waals surface area contributed by atoms with Gasteiger partial charge in [0.1, 0.15) is 12.4 Å². The Morgan fingerprint density at radius 2 is 2.13 bits per heavy atom. The Morgan fingerprint density at radius 3 is 2.78 bits per heavy atom. The lowest BCUT2D eigenvalue weighted by Gasteiger charge is -2.38. The number of carbonyl (C=O) groups excluding carboxylic acids is 2. The Bertz CT molecular complexity index is 615. The topological polar surface area (TPSA) is 88.8 Å². The fraction of sp³-hybridized carbons (Fsp3) is 0.562. The summed E-state index contributed by atoms with van der Waals surface area (Å²) in [6, 6.07) is 3.28. The summed E-state index contributed by atoms with van der Waals surface area (Å²) in [5.41, 5.74) is 4.66. The van der Waals surface area contributed by atoms with Crippen LogP contribution in [0.25, 0.3) is 0 Å². The van der Waals surface area contributed by atoms with Crippen LogP contribution in [0.1, 0.15) is 33.6 Å². The highest BCUT2D eigenvalue weighted by molar-refractivity contribution is 6.05. The zero-order valence-corrected chi connectivity index (χ0v) is 14.1. The van der Waals surface area contributed by atoms with Gasteiger partial charge in [-0.25, -0.2) is 4.98 Å². The van der Waals surface area contributed by atoms with Gasteiger partial charge >= 0.3 is 0 Å². The number of amides is 2. The summed E-state index contributed by atoms with van der Waals surface area (Å²) in [7, 11) is 1.74. The molecule has 2 rings (SSSR count). The first-order valence-electron chi connectivity index (χ1n) is 7.77. The fourth-order valence-corrected chi connectivity index (χ4v) is 2.39. The maximum Gasteiger partial charge on any atom is 0.272 e. The third kappa shape index (κ3) is 3.55. The Balaban J connectivity index is 2.27. The smallest absolute Gasteiger partial charge is 0.272 e. The second-order valence-electron chi connectivity index (χ2n) is 6.23. The van der Waals surface area contributed by atoms with E-state index in [9.17, 15) is 9.59 Å². The van der Waals surface area contributed by atoms with Crippen LogP contribution in [0.4, 0.5) is 11.6 Å². The zero-order chi connectivity index (χ0) is 17.2. The van der Waals surface area contributed by atoms with E-state index in [2.05, 4.69) is 11.9 Å². The van der Waals surface area contributed by atoms with Gasteiger partial charge in [-0.3, -0.25) is 14.5 Å². The summed E-state index contributed by atoms with van der Waals surface area (Å²) in [6.45, 7) is 6.00. The zero-order valence-electron chi connectivity index (χ0n) is 14.1. The van der Waals surface area contributed by atoms with E-state index in [1.165, 1.54) is 4.90 Å². The molecule has 0 fully saturated rings. The van der Waals surface area contributed by atoms with Gasteiger partial charge in [-0.05, 0) is 32.4 Å². The molecule has 1 aromatic rings. The number of hydrogen-bond acceptors (Lipinski definition) is 5. The van der Waals surface area contributed by atoms with E-state index in [4.69, 9.17) is 10.5 Å². The summed E-state index contributed by atoms with van der Waals surface area (Å²) in [5, 5.41) is 0. The van der Waals surface area contributed by atoms with Crippen molar-refractivity contribution < 1.29 is 14.3 Å². The van der Waals surface area contributed by atoms with Crippen molar-refractivity contribution in [1.29, 1.82) is 0 Å². The van der Waals surface area contributed by atoms with Gasteiger partial charge < -0.3 is 15.4 Å². The van der Waals surface area contributed by atoms with Gasteiger partial charge in [0.25, 0.3) is 5.91 Å². The lowest BCUT2D eigenvalue weighted by molar-refractivity contribution is -0.136. The molecule has 126 valence electrons. The molecule has 0 saturated carbocycles.